The zero-order valence-corrected chi connectivity index (χ0v) is 7.53. The Labute approximate surface area is 81.2 Å². The lowest BCUT2D eigenvalue weighted by Crippen LogP contribution is -2.10. The topological polar surface area (TPSA) is 58.9 Å². The average Bonchev–Trinajstić information content (AvgIpc) is 2.19. The normalized spacial score (nSPS) is 10.0. The van der Waals surface area contributed by atoms with Crippen LogP contribution in [-0.4, -0.2) is 4.98 Å². The summed E-state index contributed by atoms with van der Waals surface area (Å²) in [5, 5.41) is 0. The van der Waals surface area contributed by atoms with Gasteiger partial charge in [0.15, 0.2) is 0 Å². The van der Waals surface area contributed by atoms with Crippen LogP contribution in [0.2, 0.25) is 0 Å². The summed E-state index contributed by atoms with van der Waals surface area (Å²) in [4.78, 5) is 14.1. The molecule has 0 spiro atoms. The summed E-state index contributed by atoms with van der Waals surface area (Å²) >= 11 is 0. The van der Waals surface area contributed by atoms with E-state index in [1.54, 1.807) is 12.3 Å². The average molecular weight is 186 g/mol. The van der Waals surface area contributed by atoms with Crippen LogP contribution in [0.5, 0.6) is 0 Å². The molecule has 14 heavy (non-hydrogen) atoms. The van der Waals surface area contributed by atoms with Crippen molar-refractivity contribution >= 4 is 5.69 Å². The second kappa shape index (κ2) is 3.38. The molecule has 0 amide bonds. The van der Waals surface area contributed by atoms with Crippen molar-refractivity contribution in [3.05, 3.63) is 52.9 Å². The Morgan fingerprint density at radius 3 is 2.43 bits per heavy atom. The third-order valence-electron chi connectivity index (χ3n) is 2.06. The van der Waals surface area contributed by atoms with E-state index in [1.807, 2.05) is 30.3 Å². The molecule has 3 N–H and O–H groups in total. The van der Waals surface area contributed by atoms with Gasteiger partial charge in [0, 0.05) is 11.9 Å². The highest BCUT2D eigenvalue weighted by molar-refractivity contribution is 5.74. The van der Waals surface area contributed by atoms with Crippen LogP contribution in [0.15, 0.2) is 47.4 Å². The summed E-state index contributed by atoms with van der Waals surface area (Å²) in [6.07, 6.45) is 1.55. The molecular formula is C11H10N2O. The highest BCUT2D eigenvalue weighted by atomic mass is 16.1. The van der Waals surface area contributed by atoms with Gasteiger partial charge in [-0.05, 0) is 11.6 Å². The number of H-pyrrole nitrogens is 1. The lowest BCUT2D eigenvalue weighted by atomic mass is 10.1. The number of anilines is 1. The van der Waals surface area contributed by atoms with Crippen molar-refractivity contribution in [2.24, 2.45) is 0 Å². The Hall–Kier alpha value is -2.03. The summed E-state index contributed by atoms with van der Waals surface area (Å²) in [7, 11) is 0. The molecule has 0 aliphatic carbocycles. The van der Waals surface area contributed by atoms with E-state index in [1.165, 1.54) is 0 Å². The maximum atomic E-state index is 11.5. The molecule has 0 aliphatic heterocycles. The molecule has 0 aliphatic rings. The minimum absolute atomic E-state index is 0.156. The molecule has 1 heterocycles. The van der Waals surface area contributed by atoms with E-state index in [9.17, 15) is 4.79 Å². The number of hydrogen-bond donors (Lipinski definition) is 2. The number of nitrogens with two attached hydrogens (primary N) is 1. The summed E-state index contributed by atoms with van der Waals surface area (Å²) in [6.45, 7) is 0. The van der Waals surface area contributed by atoms with Crippen molar-refractivity contribution < 1.29 is 0 Å². The third-order valence-corrected chi connectivity index (χ3v) is 2.06. The van der Waals surface area contributed by atoms with Crippen molar-refractivity contribution in [1.29, 1.82) is 0 Å². The van der Waals surface area contributed by atoms with E-state index in [2.05, 4.69) is 4.98 Å². The van der Waals surface area contributed by atoms with E-state index in [0.29, 0.717) is 11.3 Å². The molecule has 2 aromatic rings. The zero-order valence-electron chi connectivity index (χ0n) is 7.53. The van der Waals surface area contributed by atoms with Crippen LogP contribution in [-0.2, 0) is 0 Å². The van der Waals surface area contributed by atoms with Gasteiger partial charge < -0.3 is 10.7 Å². The summed E-state index contributed by atoms with van der Waals surface area (Å²) in [6, 6.07) is 11.1. The Bertz CT molecular complexity index is 488. The van der Waals surface area contributed by atoms with Crippen molar-refractivity contribution in [2.45, 2.75) is 0 Å². The van der Waals surface area contributed by atoms with Gasteiger partial charge in [0.05, 0.1) is 5.56 Å². The number of pyridine rings is 1. The van der Waals surface area contributed by atoms with Crippen molar-refractivity contribution in [3.63, 3.8) is 0 Å². The Morgan fingerprint density at radius 1 is 1.07 bits per heavy atom. The first kappa shape index (κ1) is 8.56. The summed E-state index contributed by atoms with van der Waals surface area (Å²) in [5.41, 5.74) is 7.45. The predicted molar refractivity (Wildman–Crippen MR) is 56.9 cm³/mol. The Kier molecular flexibility index (Phi) is 2.07. The van der Waals surface area contributed by atoms with Gasteiger partial charge in [-0.3, -0.25) is 4.79 Å². The number of rotatable bonds is 1. The van der Waals surface area contributed by atoms with Crippen molar-refractivity contribution in [1.82, 2.24) is 4.98 Å². The van der Waals surface area contributed by atoms with Crippen molar-refractivity contribution in [3.8, 4) is 11.1 Å². The second-order valence-electron chi connectivity index (χ2n) is 3.00. The Balaban J connectivity index is 2.69. The molecular weight excluding hydrogens is 176 g/mol. The fourth-order valence-corrected chi connectivity index (χ4v) is 1.40. The van der Waals surface area contributed by atoms with Gasteiger partial charge in [-0.15, -0.1) is 0 Å². The van der Waals surface area contributed by atoms with Crippen LogP contribution in [0, 0.1) is 0 Å². The van der Waals surface area contributed by atoms with Gasteiger partial charge in [-0.2, -0.15) is 0 Å². The van der Waals surface area contributed by atoms with Gasteiger partial charge in [0.25, 0.3) is 5.56 Å². The molecule has 0 fully saturated rings. The minimum Gasteiger partial charge on any atom is -0.398 e. The van der Waals surface area contributed by atoms with E-state index in [0.717, 1.165) is 5.56 Å². The zero-order chi connectivity index (χ0) is 9.97. The molecule has 2 rings (SSSR count). The van der Waals surface area contributed by atoms with Gasteiger partial charge in [0.2, 0.25) is 0 Å². The van der Waals surface area contributed by atoms with Gasteiger partial charge in [-0.1, -0.05) is 30.3 Å². The molecule has 1 aromatic heterocycles. The number of aromatic amines is 1. The highest BCUT2D eigenvalue weighted by Crippen LogP contribution is 2.19. The van der Waals surface area contributed by atoms with E-state index in [4.69, 9.17) is 5.73 Å². The number of benzene rings is 1. The monoisotopic (exact) mass is 186 g/mol. The Morgan fingerprint density at radius 2 is 1.79 bits per heavy atom. The number of hydrogen-bond acceptors (Lipinski definition) is 2. The first-order valence-corrected chi connectivity index (χ1v) is 4.31. The lowest BCUT2D eigenvalue weighted by molar-refractivity contribution is 1.24. The summed E-state index contributed by atoms with van der Waals surface area (Å²) < 4.78 is 0. The molecule has 0 unspecified atom stereocenters. The molecule has 3 heteroatoms. The molecule has 0 bridgehead atoms. The molecule has 0 saturated heterocycles. The summed E-state index contributed by atoms with van der Waals surface area (Å²) in [5.74, 6) is 0. The van der Waals surface area contributed by atoms with E-state index in [-0.39, 0.29) is 5.56 Å². The van der Waals surface area contributed by atoms with Gasteiger partial charge in [-0.25, -0.2) is 0 Å². The molecule has 0 radical (unpaired) electrons. The second-order valence-corrected chi connectivity index (χ2v) is 3.00. The first-order chi connectivity index (χ1) is 6.79. The maximum Gasteiger partial charge on any atom is 0.257 e. The maximum absolute atomic E-state index is 11.5. The van der Waals surface area contributed by atoms with Crippen LogP contribution >= 0.6 is 0 Å². The van der Waals surface area contributed by atoms with E-state index >= 15 is 0 Å². The molecule has 0 atom stereocenters. The van der Waals surface area contributed by atoms with Gasteiger partial charge >= 0.3 is 0 Å². The minimum atomic E-state index is -0.156. The lowest BCUT2D eigenvalue weighted by Gasteiger charge is -2.02. The fourth-order valence-electron chi connectivity index (χ4n) is 1.40. The molecule has 70 valence electrons. The molecule has 0 saturated carbocycles. The quantitative estimate of drug-likeness (QED) is 0.711. The standard InChI is InChI=1S/C11H10N2O/c12-9-6-7-13-11(14)10(9)8-4-2-1-3-5-8/h1-7H,(H3,12,13,14). The predicted octanol–water partition coefficient (Wildman–Crippen LogP) is 1.62. The van der Waals surface area contributed by atoms with Crippen LogP contribution in [0.25, 0.3) is 11.1 Å². The smallest absolute Gasteiger partial charge is 0.257 e. The van der Waals surface area contributed by atoms with Crippen LogP contribution in [0.4, 0.5) is 5.69 Å². The SMILES string of the molecule is Nc1cc[nH]c(=O)c1-c1ccccc1. The van der Waals surface area contributed by atoms with Crippen LogP contribution in [0.1, 0.15) is 0 Å². The van der Waals surface area contributed by atoms with Crippen molar-refractivity contribution in [2.75, 3.05) is 5.73 Å². The number of nitrogens with one attached hydrogen (secondary N) is 1. The first-order valence-electron chi connectivity index (χ1n) is 4.31. The largest absolute Gasteiger partial charge is 0.398 e. The number of nitrogen functional groups attached to an aromatic ring is 1. The van der Waals surface area contributed by atoms with Crippen LogP contribution in [0.3, 0.4) is 0 Å². The highest BCUT2D eigenvalue weighted by Gasteiger charge is 2.05. The van der Waals surface area contributed by atoms with Gasteiger partial charge in [0.1, 0.15) is 0 Å². The fraction of sp³-hybridized carbons (Fsp3) is 0. The van der Waals surface area contributed by atoms with E-state index < -0.39 is 0 Å². The van der Waals surface area contributed by atoms with Crippen LogP contribution < -0.4 is 11.3 Å². The molecule has 3 nitrogen and oxygen atoms in total. The third kappa shape index (κ3) is 1.40. The molecule has 1 aromatic carbocycles. The number of aromatic nitrogens is 1.